The maximum Gasteiger partial charge on any atom is -1.00 e. The Hall–Kier alpha value is -0.747. The molecule has 0 atom stereocenters. The fraction of sp³-hybridized carbons (Fsp3) is 0.452. The first-order chi connectivity index (χ1) is 14.8. The van der Waals surface area contributed by atoms with Gasteiger partial charge in [-0.1, -0.05) is 0 Å². The van der Waals surface area contributed by atoms with Gasteiger partial charge in [-0.15, -0.1) is 0 Å². The van der Waals surface area contributed by atoms with E-state index in [4.69, 9.17) is 0 Å². The fourth-order valence-electron chi connectivity index (χ4n) is 5.61. The van der Waals surface area contributed by atoms with Crippen LogP contribution in [0, 0.1) is 13.8 Å². The summed E-state index contributed by atoms with van der Waals surface area (Å²) in [7, 11) is 0. The van der Waals surface area contributed by atoms with Crippen LogP contribution in [0.4, 0.5) is 0 Å². The van der Waals surface area contributed by atoms with Crippen LogP contribution in [0.2, 0.25) is 0 Å². The van der Waals surface area contributed by atoms with Gasteiger partial charge in [0.25, 0.3) is 0 Å². The van der Waals surface area contributed by atoms with Gasteiger partial charge < -0.3 is 24.8 Å². The van der Waals surface area contributed by atoms with Gasteiger partial charge in [0.15, 0.2) is 0 Å². The number of rotatable bonds is 2. The summed E-state index contributed by atoms with van der Waals surface area (Å²) in [6.45, 7) is 23.8. The minimum Gasteiger partial charge on any atom is -1.00 e. The molecule has 0 saturated heterocycles. The molecule has 2 aromatic rings. The monoisotopic (exact) mass is 571 g/mol. The molecule has 0 radical (unpaired) electrons. The fourth-order valence-corrected chi connectivity index (χ4v) is 9.27. The van der Waals surface area contributed by atoms with Crippen molar-refractivity contribution in [1.82, 2.24) is 0 Å². The molecule has 0 aromatic heterocycles. The van der Waals surface area contributed by atoms with Crippen LogP contribution in [-0.4, -0.2) is 3.21 Å². The first kappa shape index (κ1) is 29.5. The van der Waals surface area contributed by atoms with E-state index in [1.807, 2.05) is 0 Å². The van der Waals surface area contributed by atoms with Crippen molar-refractivity contribution in [2.45, 2.75) is 92.9 Å². The Morgan fingerprint density at radius 2 is 1.50 bits per heavy atom. The third-order valence-corrected chi connectivity index (χ3v) is 10.2. The van der Waals surface area contributed by atoms with Crippen molar-refractivity contribution in [2.75, 3.05) is 0 Å². The molecule has 2 aliphatic carbocycles. The first-order valence-corrected chi connectivity index (χ1v) is 14.5. The molecule has 0 bridgehead atoms. The van der Waals surface area contributed by atoms with E-state index in [0.29, 0.717) is 0 Å². The van der Waals surface area contributed by atoms with Gasteiger partial charge in [-0.2, -0.15) is 0 Å². The van der Waals surface area contributed by atoms with Crippen LogP contribution in [0.5, 0.6) is 0 Å². The van der Waals surface area contributed by atoms with Gasteiger partial charge in [-0.05, 0) is 0 Å². The zero-order valence-electron chi connectivity index (χ0n) is 22.6. The van der Waals surface area contributed by atoms with Crippen molar-refractivity contribution >= 4 is 12.1 Å². The summed E-state index contributed by atoms with van der Waals surface area (Å²) in [5.74, 6) is 0. The second-order valence-electron chi connectivity index (χ2n) is 12.1. The van der Waals surface area contributed by atoms with Gasteiger partial charge in [0.2, 0.25) is 0 Å². The molecule has 0 fully saturated rings. The van der Waals surface area contributed by atoms with Crippen LogP contribution in [0.3, 0.4) is 0 Å². The number of fused-ring (bicyclic) bond motifs is 3. The molecule has 0 N–H and O–H groups in total. The van der Waals surface area contributed by atoms with Gasteiger partial charge in [-0.3, -0.25) is 0 Å². The quantitative estimate of drug-likeness (QED) is 0.439. The van der Waals surface area contributed by atoms with E-state index in [2.05, 4.69) is 99.6 Å². The molecule has 2 aromatic carbocycles. The predicted octanol–water partition coefficient (Wildman–Crippen LogP) is 1.74. The smallest absolute Gasteiger partial charge is 1.00 e. The van der Waals surface area contributed by atoms with E-state index >= 15 is 0 Å². The molecule has 0 heterocycles. The van der Waals surface area contributed by atoms with E-state index in [1.165, 1.54) is 27.8 Å². The van der Waals surface area contributed by atoms with Gasteiger partial charge in [-0.25, -0.2) is 0 Å². The van der Waals surface area contributed by atoms with E-state index in [-0.39, 0.29) is 35.6 Å². The second-order valence-corrected chi connectivity index (χ2v) is 16.4. The Bertz CT molecular complexity index is 1210. The minimum absolute atomic E-state index is 0. The van der Waals surface area contributed by atoms with Gasteiger partial charge in [0, 0.05) is 0 Å². The summed E-state index contributed by atoms with van der Waals surface area (Å²) in [6, 6.07) is 4.98. The summed E-state index contributed by atoms with van der Waals surface area (Å²) in [6.07, 6.45) is 9.12. The Morgan fingerprint density at radius 3 is 2.00 bits per heavy atom. The minimum atomic E-state index is -0.811. The Labute approximate surface area is 231 Å². The molecule has 0 amide bonds. The standard InChI is InChI=1S/C28H33.C3H6.2ClH.Zr/c1-17-13-22(27(3,4)5)15-20-14-21-16-23(28(6,7)8)25(19-11-9-10-12-19)18(2)26(21)24(17)20;1-3-2;;;/h9-11,13,15H,12,14H2,1-8H3;1-2H3;2*1H;/q;;;;+2/p-2. The molecule has 34 heavy (non-hydrogen) atoms. The number of halogens is 2. The Kier molecular flexibility index (Phi) is 8.95. The van der Waals surface area contributed by atoms with E-state index in [1.54, 1.807) is 34.3 Å². The normalized spacial score (nSPS) is 14.0. The number of hydrogen-bond donors (Lipinski definition) is 0. The van der Waals surface area contributed by atoms with Crippen molar-refractivity contribution in [2.24, 2.45) is 0 Å². The Morgan fingerprint density at radius 1 is 0.853 bits per heavy atom. The van der Waals surface area contributed by atoms with Gasteiger partial charge in [0.05, 0.1) is 0 Å². The average molecular weight is 574 g/mol. The third kappa shape index (κ3) is 5.19. The van der Waals surface area contributed by atoms with Crippen molar-refractivity contribution in [1.29, 1.82) is 0 Å². The molecule has 2 aliphatic rings. The maximum atomic E-state index is 2.52. The zero-order chi connectivity index (χ0) is 23.6. The summed E-state index contributed by atoms with van der Waals surface area (Å²) in [5, 5.41) is 0. The summed E-state index contributed by atoms with van der Waals surface area (Å²) in [5.41, 5.74) is 15.8. The van der Waals surface area contributed by atoms with Crippen LogP contribution in [0.1, 0.15) is 101 Å². The molecule has 181 valence electrons. The molecule has 0 saturated carbocycles. The number of aryl methyl sites for hydroxylation is 1. The average Bonchev–Trinajstić information content (AvgIpc) is 3.29. The van der Waals surface area contributed by atoms with Crippen LogP contribution in [0.15, 0.2) is 30.4 Å². The van der Waals surface area contributed by atoms with Crippen molar-refractivity contribution < 1.29 is 47.6 Å². The molecule has 4 rings (SSSR count). The van der Waals surface area contributed by atoms with Crippen molar-refractivity contribution in [3.63, 3.8) is 0 Å². The topological polar surface area (TPSA) is 0 Å². The molecular weight excluding hydrogens is 534 g/mol. The zero-order valence-corrected chi connectivity index (χ0v) is 26.5. The molecule has 0 aliphatic heterocycles. The van der Waals surface area contributed by atoms with Crippen LogP contribution >= 0.6 is 0 Å². The summed E-state index contributed by atoms with van der Waals surface area (Å²) >= 11 is -0.811. The van der Waals surface area contributed by atoms with E-state index in [9.17, 15) is 0 Å². The third-order valence-electron chi connectivity index (χ3n) is 6.97. The molecular formula is C31H39Cl2Zr. The van der Waals surface area contributed by atoms with Gasteiger partial charge in [0.1, 0.15) is 0 Å². The number of allylic oxidation sites excluding steroid dienone is 4. The first-order valence-electron chi connectivity index (χ1n) is 12.1. The molecule has 0 spiro atoms. The largest absolute Gasteiger partial charge is 1.00 e. The maximum absolute atomic E-state index is 2.52. The second kappa shape index (κ2) is 10.3. The molecule has 0 unspecified atom stereocenters. The van der Waals surface area contributed by atoms with Crippen LogP contribution in [0.25, 0.3) is 16.7 Å². The van der Waals surface area contributed by atoms with Crippen LogP contribution < -0.4 is 28.1 Å². The van der Waals surface area contributed by atoms with Crippen molar-refractivity contribution in [3.8, 4) is 11.1 Å². The summed E-state index contributed by atoms with van der Waals surface area (Å²) in [4.78, 5) is 0. The number of benzene rings is 2. The molecule has 3 heteroatoms. The van der Waals surface area contributed by atoms with Crippen LogP contribution in [-0.2, 0) is 40.0 Å². The van der Waals surface area contributed by atoms with E-state index in [0.717, 1.165) is 12.8 Å². The Balaban J connectivity index is 0.00000204. The summed E-state index contributed by atoms with van der Waals surface area (Å²) < 4.78 is 3.43. The number of hydrogen-bond acceptors (Lipinski definition) is 0. The predicted molar refractivity (Wildman–Crippen MR) is 139 cm³/mol. The molecule has 0 nitrogen and oxygen atoms in total. The van der Waals surface area contributed by atoms with Crippen molar-refractivity contribution in [3.05, 3.63) is 69.3 Å². The SMILES string of the molecule is C[C](C)=[Zr+2][c]1c2c(c(C)c(C3=CC=CC3)c1C(C)(C)C)-c1c(C)cc(C(C)(C)C)cc1C2.[Cl-].[Cl-]. The van der Waals surface area contributed by atoms with Gasteiger partial charge >= 0.3 is 208 Å². The van der Waals surface area contributed by atoms with E-state index < -0.39 is 22.8 Å².